The molecule has 1 atom stereocenters. The van der Waals surface area contributed by atoms with Crippen molar-refractivity contribution in [3.05, 3.63) is 54.4 Å². The van der Waals surface area contributed by atoms with E-state index in [1.165, 1.54) is 0 Å². The van der Waals surface area contributed by atoms with Crippen molar-refractivity contribution in [3.8, 4) is 0 Å². The summed E-state index contributed by atoms with van der Waals surface area (Å²) in [4.78, 5) is 42.2. The summed E-state index contributed by atoms with van der Waals surface area (Å²) in [7, 11) is 0. The Morgan fingerprint density at radius 1 is 1.04 bits per heavy atom. The number of rotatable bonds is 5. The quantitative estimate of drug-likeness (QED) is 0.851. The molecule has 0 bridgehead atoms. The molecular weight excluding hydrogens is 344 g/mol. The lowest BCUT2D eigenvalue weighted by Crippen LogP contribution is -2.33. The number of hydrogen-bond acceptors (Lipinski definition) is 4. The Bertz CT molecular complexity index is 834. The molecule has 2 N–H and O–H groups in total. The molecule has 7 heteroatoms. The Morgan fingerprint density at radius 2 is 1.67 bits per heavy atom. The fraction of sp³-hybridized carbons (Fsp3) is 0.300. The highest BCUT2D eigenvalue weighted by Crippen LogP contribution is 2.22. The zero-order chi connectivity index (χ0) is 19.4. The number of anilines is 2. The summed E-state index contributed by atoms with van der Waals surface area (Å²) in [5.41, 5.74) is 1.73. The summed E-state index contributed by atoms with van der Waals surface area (Å²) in [5.74, 6) is -0.767. The number of carbonyl (C=O) groups is 3. The molecule has 1 aliphatic rings. The molecule has 2 aromatic rings. The molecule has 0 aliphatic carbocycles. The second-order valence-corrected chi connectivity index (χ2v) is 6.80. The van der Waals surface area contributed by atoms with E-state index in [2.05, 4.69) is 15.6 Å². The minimum atomic E-state index is -0.352. The lowest BCUT2D eigenvalue weighted by atomic mass is 10.1. The Labute approximate surface area is 157 Å². The number of likely N-dealkylation sites (tertiary alicyclic amines) is 1. The summed E-state index contributed by atoms with van der Waals surface area (Å²) in [6.45, 7) is 4.32. The molecule has 1 fully saturated rings. The minimum absolute atomic E-state index is 0.00767. The summed E-state index contributed by atoms with van der Waals surface area (Å²) in [6, 6.07) is 10.1. The summed E-state index contributed by atoms with van der Waals surface area (Å²) in [6.07, 6.45) is 3.43. The molecule has 3 amide bonds. The van der Waals surface area contributed by atoms with Crippen LogP contribution in [0.4, 0.5) is 11.4 Å². The van der Waals surface area contributed by atoms with E-state index in [1.54, 1.807) is 53.7 Å². The molecule has 1 unspecified atom stereocenters. The van der Waals surface area contributed by atoms with Gasteiger partial charge < -0.3 is 15.5 Å². The standard InChI is InChI=1S/C20H22N4O3/c1-13(2)24-12-15(11-18(24)25)20(27)22-16-5-3-14(4-6-16)19(26)23-17-7-9-21-10-8-17/h3-10,13,15H,11-12H2,1-2H3,(H,22,27)(H,21,23,26). The smallest absolute Gasteiger partial charge is 0.255 e. The third-order valence-electron chi connectivity index (χ3n) is 4.51. The van der Waals surface area contributed by atoms with Crippen LogP contribution in [-0.2, 0) is 9.59 Å². The van der Waals surface area contributed by atoms with E-state index in [0.717, 1.165) is 0 Å². The number of nitrogens with zero attached hydrogens (tertiary/aromatic N) is 2. The van der Waals surface area contributed by atoms with Crippen molar-refractivity contribution < 1.29 is 14.4 Å². The van der Waals surface area contributed by atoms with Crippen molar-refractivity contribution >= 4 is 29.1 Å². The molecule has 1 saturated heterocycles. The average molecular weight is 366 g/mol. The fourth-order valence-electron chi connectivity index (χ4n) is 2.99. The first kappa shape index (κ1) is 18.6. The lowest BCUT2D eigenvalue weighted by molar-refractivity contribution is -0.129. The molecule has 3 rings (SSSR count). The zero-order valence-electron chi connectivity index (χ0n) is 15.3. The second-order valence-electron chi connectivity index (χ2n) is 6.80. The van der Waals surface area contributed by atoms with E-state index < -0.39 is 0 Å². The molecule has 7 nitrogen and oxygen atoms in total. The van der Waals surface area contributed by atoms with Gasteiger partial charge in [0, 0.05) is 48.3 Å². The monoisotopic (exact) mass is 366 g/mol. The molecule has 1 aromatic carbocycles. The topological polar surface area (TPSA) is 91.4 Å². The molecule has 140 valence electrons. The molecular formula is C20H22N4O3. The van der Waals surface area contributed by atoms with Crippen LogP contribution in [0.15, 0.2) is 48.8 Å². The van der Waals surface area contributed by atoms with Crippen molar-refractivity contribution in [2.24, 2.45) is 5.92 Å². The Hall–Kier alpha value is -3.22. The Morgan fingerprint density at radius 3 is 2.26 bits per heavy atom. The highest BCUT2D eigenvalue weighted by molar-refractivity contribution is 6.04. The summed E-state index contributed by atoms with van der Waals surface area (Å²) in [5, 5.41) is 5.60. The van der Waals surface area contributed by atoms with Gasteiger partial charge in [-0.05, 0) is 50.2 Å². The van der Waals surface area contributed by atoms with Crippen LogP contribution in [0.2, 0.25) is 0 Å². The molecule has 27 heavy (non-hydrogen) atoms. The first-order valence-electron chi connectivity index (χ1n) is 8.86. The van der Waals surface area contributed by atoms with Gasteiger partial charge in [0.05, 0.1) is 5.92 Å². The van der Waals surface area contributed by atoms with Gasteiger partial charge in [-0.1, -0.05) is 0 Å². The van der Waals surface area contributed by atoms with Crippen LogP contribution in [0.25, 0.3) is 0 Å². The van der Waals surface area contributed by atoms with Crippen molar-refractivity contribution in [2.45, 2.75) is 26.3 Å². The number of nitrogens with one attached hydrogen (secondary N) is 2. The largest absolute Gasteiger partial charge is 0.339 e. The molecule has 0 radical (unpaired) electrons. The normalized spacial score (nSPS) is 16.5. The van der Waals surface area contributed by atoms with Crippen LogP contribution in [0.5, 0.6) is 0 Å². The van der Waals surface area contributed by atoms with Gasteiger partial charge in [0.15, 0.2) is 0 Å². The lowest BCUT2D eigenvalue weighted by Gasteiger charge is -2.20. The number of amides is 3. The molecule has 2 heterocycles. The zero-order valence-corrected chi connectivity index (χ0v) is 15.3. The van der Waals surface area contributed by atoms with Crippen molar-refractivity contribution in [1.82, 2.24) is 9.88 Å². The van der Waals surface area contributed by atoms with Gasteiger partial charge in [-0.25, -0.2) is 0 Å². The van der Waals surface area contributed by atoms with E-state index in [4.69, 9.17) is 0 Å². The van der Waals surface area contributed by atoms with E-state index in [0.29, 0.717) is 23.5 Å². The Kier molecular flexibility index (Phi) is 5.49. The first-order chi connectivity index (χ1) is 12.9. The van der Waals surface area contributed by atoms with Gasteiger partial charge >= 0.3 is 0 Å². The number of benzene rings is 1. The number of hydrogen-bond donors (Lipinski definition) is 2. The first-order valence-corrected chi connectivity index (χ1v) is 8.86. The number of pyridine rings is 1. The highest BCUT2D eigenvalue weighted by atomic mass is 16.2. The van der Waals surface area contributed by atoms with Crippen molar-refractivity contribution in [3.63, 3.8) is 0 Å². The van der Waals surface area contributed by atoms with Crippen LogP contribution in [-0.4, -0.2) is 40.2 Å². The van der Waals surface area contributed by atoms with Gasteiger partial charge in [0.2, 0.25) is 11.8 Å². The van der Waals surface area contributed by atoms with E-state index in [1.807, 2.05) is 13.8 Å². The van der Waals surface area contributed by atoms with Crippen LogP contribution in [0, 0.1) is 5.92 Å². The predicted molar refractivity (Wildman–Crippen MR) is 102 cm³/mol. The maximum absolute atomic E-state index is 12.4. The average Bonchev–Trinajstić information content (AvgIpc) is 3.05. The van der Waals surface area contributed by atoms with Crippen LogP contribution >= 0.6 is 0 Å². The summed E-state index contributed by atoms with van der Waals surface area (Å²) >= 11 is 0. The van der Waals surface area contributed by atoms with Gasteiger partial charge in [0.1, 0.15) is 0 Å². The Balaban J connectivity index is 1.58. The van der Waals surface area contributed by atoms with Gasteiger partial charge in [0.25, 0.3) is 5.91 Å². The van der Waals surface area contributed by atoms with E-state index in [-0.39, 0.29) is 36.1 Å². The molecule has 0 saturated carbocycles. The van der Waals surface area contributed by atoms with Crippen molar-refractivity contribution in [1.29, 1.82) is 0 Å². The van der Waals surface area contributed by atoms with E-state index in [9.17, 15) is 14.4 Å². The molecule has 1 aliphatic heterocycles. The van der Waals surface area contributed by atoms with Gasteiger partial charge in [-0.3, -0.25) is 19.4 Å². The highest BCUT2D eigenvalue weighted by Gasteiger charge is 2.35. The van der Waals surface area contributed by atoms with E-state index >= 15 is 0 Å². The van der Waals surface area contributed by atoms with Crippen LogP contribution in [0.1, 0.15) is 30.6 Å². The SMILES string of the molecule is CC(C)N1CC(C(=O)Nc2ccc(C(=O)Nc3ccncc3)cc2)CC1=O. The van der Waals surface area contributed by atoms with Crippen LogP contribution in [0.3, 0.4) is 0 Å². The molecule has 0 spiro atoms. The fourth-order valence-corrected chi connectivity index (χ4v) is 2.99. The third kappa shape index (κ3) is 4.49. The summed E-state index contributed by atoms with van der Waals surface area (Å²) < 4.78 is 0. The third-order valence-corrected chi connectivity index (χ3v) is 4.51. The van der Waals surface area contributed by atoms with Crippen LogP contribution < -0.4 is 10.6 Å². The molecule has 1 aromatic heterocycles. The maximum Gasteiger partial charge on any atom is 0.255 e. The second kappa shape index (κ2) is 7.99. The predicted octanol–water partition coefficient (Wildman–Crippen LogP) is 2.53. The number of aromatic nitrogens is 1. The van der Waals surface area contributed by atoms with Gasteiger partial charge in [-0.15, -0.1) is 0 Å². The number of carbonyl (C=O) groups excluding carboxylic acids is 3. The minimum Gasteiger partial charge on any atom is -0.339 e. The maximum atomic E-state index is 12.4. The van der Waals surface area contributed by atoms with Crippen molar-refractivity contribution in [2.75, 3.05) is 17.2 Å². The van der Waals surface area contributed by atoms with Gasteiger partial charge in [-0.2, -0.15) is 0 Å².